The third-order valence-corrected chi connectivity index (χ3v) is 7.88. The van der Waals surface area contributed by atoms with E-state index in [1.165, 1.54) is 7.11 Å². The van der Waals surface area contributed by atoms with Crippen LogP contribution < -0.4 is 24.8 Å². The first-order valence-corrected chi connectivity index (χ1v) is 13.9. The zero-order valence-electron chi connectivity index (χ0n) is 23.1. The van der Waals surface area contributed by atoms with Crippen molar-refractivity contribution >= 4 is 17.7 Å². The van der Waals surface area contributed by atoms with Gasteiger partial charge in [-0.3, -0.25) is 19.1 Å². The molecule has 0 spiro atoms. The second-order valence-corrected chi connectivity index (χ2v) is 10.6. The summed E-state index contributed by atoms with van der Waals surface area (Å²) in [6.07, 6.45) is 3.36. The molecule has 1 fully saturated rings. The quantitative estimate of drug-likeness (QED) is 0.492. The van der Waals surface area contributed by atoms with Crippen LogP contribution in [0.25, 0.3) is 0 Å². The summed E-state index contributed by atoms with van der Waals surface area (Å²) >= 11 is 0. The number of ether oxygens (including phenoxy) is 3. The number of likely N-dealkylation sites (tertiary alicyclic amines) is 1. The normalized spacial score (nSPS) is 20.6. The molecule has 4 bridgehead atoms. The standard InChI is InChI=1S/C30H33N5O6/c1-34-28(21-5-3-4-6-22(21)33-34)30(38)35-15-23-26(16-35)41-20-10-7-18(8-11-20)14-31-27(36)17-40-25-13-19(29(37)32-23)9-12-24(25)39-2/h7-13,23,26H,3-6,14-17H2,1-2H3,(H,31,36)(H,32,37)/t23-,26-/m0/s1. The van der Waals surface area contributed by atoms with Gasteiger partial charge in [0.2, 0.25) is 0 Å². The van der Waals surface area contributed by atoms with Crippen molar-refractivity contribution in [2.45, 2.75) is 44.4 Å². The molecule has 1 aliphatic carbocycles. The molecule has 0 radical (unpaired) electrons. The molecular formula is C30H33N5O6. The average molecular weight is 560 g/mol. The molecule has 2 N–H and O–H groups in total. The Morgan fingerprint density at radius 3 is 2.68 bits per heavy atom. The molecule has 41 heavy (non-hydrogen) atoms. The van der Waals surface area contributed by atoms with E-state index >= 15 is 0 Å². The van der Waals surface area contributed by atoms with Crippen LogP contribution in [0.1, 0.15) is 50.5 Å². The van der Waals surface area contributed by atoms with E-state index in [0.29, 0.717) is 35.8 Å². The number of aryl methyl sites for hydroxylation is 2. The lowest BCUT2D eigenvalue weighted by Gasteiger charge is -2.21. The molecule has 214 valence electrons. The number of benzene rings is 2. The van der Waals surface area contributed by atoms with E-state index in [9.17, 15) is 14.4 Å². The van der Waals surface area contributed by atoms with Crippen LogP contribution in [0.4, 0.5) is 0 Å². The van der Waals surface area contributed by atoms with Gasteiger partial charge >= 0.3 is 0 Å². The van der Waals surface area contributed by atoms with Crippen LogP contribution in [0, 0.1) is 0 Å². The molecule has 4 aliphatic rings. The fraction of sp³-hybridized carbons (Fsp3) is 0.400. The van der Waals surface area contributed by atoms with Gasteiger partial charge in [-0.2, -0.15) is 5.10 Å². The third kappa shape index (κ3) is 5.44. The lowest BCUT2D eigenvalue weighted by molar-refractivity contribution is -0.123. The summed E-state index contributed by atoms with van der Waals surface area (Å²) < 4.78 is 19.1. The Hall–Kier alpha value is -4.54. The lowest BCUT2D eigenvalue weighted by Crippen LogP contribution is -2.45. The second kappa shape index (κ2) is 11.1. The Bertz CT molecular complexity index is 1480. The smallest absolute Gasteiger partial charge is 0.272 e. The van der Waals surface area contributed by atoms with Crippen LogP contribution in [-0.4, -0.2) is 71.4 Å². The summed E-state index contributed by atoms with van der Waals surface area (Å²) in [5.41, 5.74) is 3.87. The van der Waals surface area contributed by atoms with Crippen molar-refractivity contribution in [3.63, 3.8) is 0 Å². The monoisotopic (exact) mass is 559 g/mol. The second-order valence-electron chi connectivity index (χ2n) is 10.6. The molecule has 0 unspecified atom stereocenters. The number of aromatic nitrogens is 2. The Labute approximate surface area is 237 Å². The van der Waals surface area contributed by atoms with E-state index in [1.54, 1.807) is 27.8 Å². The van der Waals surface area contributed by atoms with Crippen molar-refractivity contribution in [2.24, 2.45) is 7.05 Å². The van der Waals surface area contributed by atoms with Gasteiger partial charge in [0.05, 0.1) is 25.4 Å². The highest BCUT2D eigenvalue weighted by atomic mass is 16.5. The molecule has 4 heterocycles. The minimum absolute atomic E-state index is 0.109. The van der Waals surface area contributed by atoms with Crippen molar-refractivity contribution in [3.8, 4) is 17.2 Å². The zero-order valence-corrected chi connectivity index (χ0v) is 23.1. The van der Waals surface area contributed by atoms with Crippen molar-refractivity contribution in [3.05, 3.63) is 70.5 Å². The number of hydrogen-bond donors (Lipinski definition) is 2. The maximum absolute atomic E-state index is 13.8. The maximum Gasteiger partial charge on any atom is 0.272 e. The molecule has 0 saturated carbocycles. The molecule has 3 amide bonds. The van der Waals surface area contributed by atoms with Gasteiger partial charge in [-0.15, -0.1) is 0 Å². The predicted molar refractivity (Wildman–Crippen MR) is 148 cm³/mol. The van der Waals surface area contributed by atoms with Crippen LogP contribution in [-0.2, 0) is 31.2 Å². The van der Waals surface area contributed by atoms with Gasteiger partial charge in [-0.1, -0.05) is 12.1 Å². The van der Waals surface area contributed by atoms with E-state index in [4.69, 9.17) is 14.2 Å². The fourth-order valence-corrected chi connectivity index (χ4v) is 5.73. The number of methoxy groups -OCH3 is 1. The van der Waals surface area contributed by atoms with Gasteiger partial charge in [-0.25, -0.2) is 0 Å². The van der Waals surface area contributed by atoms with Crippen LogP contribution in [0.3, 0.4) is 0 Å². The molecule has 3 aliphatic heterocycles. The fourth-order valence-electron chi connectivity index (χ4n) is 5.73. The molecule has 1 aromatic heterocycles. The van der Waals surface area contributed by atoms with Crippen molar-refractivity contribution in [2.75, 3.05) is 26.8 Å². The summed E-state index contributed by atoms with van der Waals surface area (Å²) in [4.78, 5) is 41.4. The highest BCUT2D eigenvalue weighted by Crippen LogP contribution is 2.30. The first kappa shape index (κ1) is 26.7. The van der Waals surface area contributed by atoms with Gasteiger partial charge in [-0.05, 0) is 61.6 Å². The van der Waals surface area contributed by atoms with Crippen LogP contribution in [0.15, 0.2) is 42.5 Å². The first-order valence-electron chi connectivity index (χ1n) is 13.9. The summed E-state index contributed by atoms with van der Waals surface area (Å²) in [7, 11) is 3.31. The van der Waals surface area contributed by atoms with E-state index in [0.717, 1.165) is 42.5 Å². The average Bonchev–Trinajstić information content (AvgIpc) is 3.54. The van der Waals surface area contributed by atoms with E-state index in [-0.39, 0.29) is 36.6 Å². The molecule has 1 saturated heterocycles. The van der Waals surface area contributed by atoms with Gasteiger partial charge in [0.1, 0.15) is 17.5 Å². The van der Waals surface area contributed by atoms with Crippen LogP contribution in [0.5, 0.6) is 17.2 Å². The predicted octanol–water partition coefficient (Wildman–Crippen LogP) is 2.02. The largest absolute Gasteiger partial charge is 0.493 e. The van der Waals surface area contributed by atoms with Gasteiger partial charge in [0, 0.05) is 31.3 Å². The summed E-state index contributed by atoms with van der Waals surface area (Å²) in [5, 5.41) is 10.5. The van der Waals surface area contributed by atoms with Gasteiger partial charge in [0.15, 0.2) is 18.1 Å². The molecule has 11 nitrogen and oxygen atoms in total. The van der Waals surface area contributed by atoms with E-state index in [2.05, 4.69) is 15.7 Å². The molecule has 3 aromatic rings. The number of hydrogen-bond acceptors (Lipinski definition) is 7. The summed E-state index contributed by atoms with van der Waals surface area (Å²) in [6, 6.07) is 11.7. The molecular weight excluding hydrogens is 526 g/mol. The molecule has 2 aromatic carbocycles. The molecule has 2 atom stereocenters. The molecule has 7 rings (SSSR count). The Balaban J connectivity index is 1.30. The third-order valence-electron chi connectivity index (χ3n) is 7.88. The molecule has 11 heteroatoms. The number of nitrogens with one attached hydrogen (secondary N) is 2. The van der Waals surface area contributed by atoms with Gasteiger partial charge in [0.25, 0.3) is 17.7 Å². The van der Waals surface area contributed by atoms with Crippen LogP contribution >= 0.6 is 0 Å². The number of amides is 3. The van der Waals surface area contributed by atoms with Crippen molar-refractivity contribution in [1.82, 2.24) is 25.3 Å². The number of fused-ring (bicyclic) bond motifs is 8. The van der Waals surface area contributed by atoms with Crippen molar-refractivity contribution in [1.29, 1.82) is 0 Å². The Morgan fingerprint density at radius 1 is 1.07 bits per heavy atom. The number of carbonyl (C=O) groups is 3. The van der Waals surface area contributed by atoms with E-state index in [1.807, 2.05) is 31.3 Å². The zero-order chi connectivity index (χ0) is 28.5. The van der Waals surface area contributed by atoms with E-state index < -0.39 is 12.1 Å². The maximum atomic E-state index is 13.8. The SMILES string of the molecule is COc1ccc2cc1OCC(=O)NCc1ccc(cc1)O[C@H]1CN(C(=O)c3c4c(nn3C)CCCC4)C[C@@H]1NC2=O. The van der Waals surface area contributed by atoms with Gasteiger partial charge < -0.3 is 29.7 Å². The highest BCUT2D eigenvalue weighted by molar-refractivity contribution is 5.96. The Morgan fingerprint density at radius 2 is 1.88 bits per heavy atom. The Kier molecular flexibility index (Phi) is 7.25. The summed E-state index contributed by atoms with van der Waals surface area (Å²) in [5.74, 6) is 0.521. The minimum atomic E-state index is -0.484. The minimum Gasteiger partial charge on any atom is -0.493 e. The van der Waals surface area contributed by atoms with Crippen molar-refractivity contribution < 1.29 is 28.6 Å². The lowest BCUT2D eigenvalue weighted by atomic mass is 9.95. The number of carbonyl (C=O) groups excluding carboxylic acids is 3. The highest BCUT2D eigenvalue weighted by Gasteiger charge is 2.40. The van der Waals surface area contributed by atoms with Crippen LogP contribution in [0.2, 0.25) is 0 Å². The summed E-state index contributed by atoms with van der Waals surface area (Å²) in [6.45, 7) is 0.675. The first-order chi connectivity index (χ1) is 19.9. The number of nitrogens with zero attached hydrogens (tertiary/aromatic N) is 3. The number of rotatable bonds is 2. The topological polar surface area (TPSA) is 124 Å².